The van der Waals surface area contributed by atoms with Gasteiger partial charge in [-0.2, -0.15) is 0 Å². The average molecular weight is 223 g/mol. The lowest BCUT2D eigenvalue weighted by atomic mass is 10.2. The first-order chi connectivity index (χ1) is 7.67. The zero-order chi connectivity index (χ0) is 12.0. The van der Waals surface area contributed by atoms with Crippen LogP contribution in [0.5, 0.6) is 5.75 Å². The SMILES string of the molecule is COc1cccc(N(C)CCC(=O)NN)c1. The topological polar surface area (TPSA) is 67.6 Å². The molecule has 1 amide bonds. The summed E-state index contributed by atoms with van der Waals surface area (Å²) in [6.07, 6.45) is 0.365. The lowest BCUT2D eigenvalue weighted by Crippen LogP contribution is -2.33. The van der Waals surface area contributed by atoms with Crippen LogP contribution in [0.2, 0.25) is 0 Å². The van der Waals surface area contributed by atoms with Gasteiger partial charge in [-0.25, -0.2) is 5.84 Å². The van der Waals surface area contributed by atoms with Crippen molar-refractivity contribution in [3.05, 3.63) is 24.3 Å². The van der Waals surface area contributed by atoms with E-state index in [4.69, 9.17) is 10.6 Å². The van der Waals surface area contributed by atoms with Gasteiger partial charge in [0.05, 0.1) is 7.11 Å². The van der Waals surface area contributed by atoms with E-state index in [1.807, 2.05) is 36.2 Å². The van der Waals surface area contributed by atoms with Gasteiger partial charge in [0.1, 0.15) is 5.75 Å². The normalized spacial score (nSPS) is 9.69. The molecule has 0 aromatic heterocycles. The predicted octanol–water partition coefficient (Wildman–Crippen LogP) is 0.511. The molecule has 5 heteroatoms. The van der Waals surface area contributed by atoms with Crippen molar-refractivity contribution in [2.24, 2.45) is 5.84 Å². The van der Waals surface area contributed by atoms with Crippen LogP contribution in [-0.2, 0) is 4.79 Å². The second-order valence-corrected chi connectivity index (χ2v) is 3.44. The number of nitrogens with zero attached hydrogens (tertiary/aromatic N) is 1. The fourth-order valence-electron chi connectivity index (χ4n) is 1.32. The van der Waals surface area contributed by atoms with Crippen molar-refractivity contribution in [3.8, 4) is 5.75 Å². The number of nitrogens with one attached hydrogen (secondary N) is 1. The largest absolute Gasteiger partial charge is 0.497 e. The zero-order valence-electron chi connectivity index (χ0n) is 9.56. The third-order valence-electron chi connectivity index (χ3n) is 2.33. The van der Waals surface area contributed by atoms with Gasteiger partial charge in [-0.15, -0.1) is 0 Å². The van der Waals surface area contributed by atoms with E-state index < -0.39 is 0 Å². The van der Waals surface area contributed by atoms with E-state index in [9.17, 15) is 4.79 Å². The van der Waals surface area contributed by atoms with Crippen molar-refractivity contribution in [2.75, 3.05) is 25.6 Å². The number of carbonyl (C=O) groups excluding carboxylic acids is 1. The van der Waals surface area contributed by atoms with Crippen LogP contribution in [0.25, 0.3) is 0 Å². The number of methoxy groups -OCH3 is 1. The number of amides is 1. The highest BCUT2D eigenvalue weighted by Crippen LogP contribution is 2.19. The molecule has 3 N–H and O–H groups in total. The third-order valence-corrected chi connectivity index (χ3v) is 2.33. The minimum atomic E-state index is -0.172. The van der Waals surface area contributed by atoms with Crippen molar-refractivity contribution in [3.63, 3.8) is 0 Å². The molecule has 16 heavy (non-hydrogen) atoms. The van der Waals surface area contributed by atoms with Gasteiger partial charge in [0.25, 0.3) is 0 Å². The molecule has 0 fully saturated rings. The van der Waals surface area contributed by atoms with Crippen molar-refractivity contribution >= 4 is 11.6 Å². The van der Waals surface area contributed by atoms with E-state index in [0.717, 1.165) is 11.4 Å². The molecule has 0 aliphatic heterocycles. The number of nitrogens with two attached hydrogens (primary N) is 1. The number of rotatable bonds is 5. The third kappa shape index (κ3) is 3.43. The summed E-state index contributed by atoms with van der Waals surface area (Å²) in [5.74, 6) is 5.63. The molecule has 1 rings (SSSR count). The van der Waals surface area contributed by atoms with E-state index in [1.54, 1.807) is 7.11 Å². The van der Waals surface area contributed by atoms with E-state index in [-0.39, 0.29) is 5.91 Å². The second kappa shape index (κ2) is 5.97. The van der Waals surface area contributed by atoms with Crippen LogP contribution in [0.1, 0.15) is 6.42 Å². The maximum absolute atomic E-state index is 11.0. The van der Waals surface area contributed by atoms with E-state index in [2.05, 4.69) is 5.43 Å². The van der Waals surface area contributed by atoms with Crippen molar-refractivity contribution < 1.29 is 9.53 Å². The summed E-state index contributed by atoms with van der Waals surface area (Å²) in [6.45, 7) is 0.607. The number of hydrogen-bond donors (Lipinski definition) is 2. The molecule has 0 heterocycles. The Balaban J connectivity index is 2.58. The predicted molar refractivity (Wildman–Crippen MR) is 63.2 cm³/mol. The summed E-state index contributed by atoms with van der Waals surface area (Å²) in [5, 5.41) is 0. The van der Waals surface area contributed by atoms with E-state index in [0.29, 0.717) is 13.0 Å². The summed E-state index contributed by atoms with van der Waals surface area (Å²) < 4.78 is 5.13. The van der Waals surface area contributed by atoms with E-state index in [1.165, 1.54) is 0 Å². The molecular weight excluding hydrogens is 206 g/mol. The first-order valence-corrected chi connectivity index (χ1v) is 5.02. The van der Waals surface area contributed by atoms with Crippen LogP contribution in [0, 0.1) is 0 Å². The fourth-order valence-corrected chi connectivity index (χ4v) is 1.32. The Hall–Kier alpha value is -1.75. The first kappa shape index (κ1) is 12.3. The van der Waals surface area contributed by atoms with Crippen LogP contribution >= 0.6 is 0 Å². The molecule has 0 saturated carbocycles. The molecule has 0 spiro atoms. The Kier molecular flexibility index (Phi) is 4.60. The minimum Gasteiger partial charge on any atom is -0.497 e. The van der Waals surface area contributed by atoms with Gasteiger partial charge in [-0.05, 0) is 12.1 Å². The Labute approximate surface area is 95.2 Å². The second-order valence-electron chi connectivity index (χ2n) is 3.44. The number of benzene rings is 1. The monoisotopic (exact) mass is 223 g/mol. The quantitative estimate of drug-likeness (QED) is 0.433. The molecule has 1 aromatic rings. The molecule has 5 nitrogen and oxygen atoms in total. The Morgan fingerprint density at radius 1 is 1.56 bits per heavy atom. The molecule has 88 valence electrons. The molecule has 0 aliphatic rings. The zero-order valence-corrected chi connectivity index (χ0v) is 9.56. The van der Waals surface area contributed by atoms with Gasteiger partial charge in [-0.1, -0.05) is 6.07 Å². The average Bonchev–Trinajstić information content (AvgIpc) is 2.35. The molecule has 0 unspecified atom stereocenters. The Morgan fingerprint density at radius 3 is 2.94 bits per heavy atom. The Bertz CT molecular complexity index is 355. The van der Waals surface area contributed by atoms with E-state index >= 15 is 0 Å². The molecule has 0 radical (unpaired) electrons. The van der Waals surface area contributed by atoms with Crippen LogP contribution in [0.15, 0.2) is 24.3 Å². The van der Waals surface area contributed by atoms with Crippen molar-refractivity contribution in [1.29, 1.82) is 0 Å². The van der Waals surface area contributed by atoms with Crippen LogP contribution in [-0.4, -0.2) is 26.6 Å². The summed E-state index contributed by atoms with van der Waals surface area (Å²) >= 11 is 0. The van der Waals surface area contributed by atoms with Crippen LogP contribution < -0.4 is 20.9 Å². The van der Waals surface area contributed by atoms with Crippen molar-refractivity contribution in [2.45, 2.75) is 6.42 Å². The molecule has 0 atom stereocenters. The summed E-state index contributed by atoms with van der Waals surface area (Å²) in [5.41, 5.74) is 3.11. The lowest BCUT2D eigenvalue weighted by molar-refractivity contribution is -0.120. The van der Waals surface area contributed by atoms with Crippen LogP contribution in [0.4, 0.5) is 5.69 Å². The molecular formula is C11H17N3O2. The van der Waals surface area contributed by atoms with Gasteiger partial charge >= 0.3 is 0 Å². The summed E-state index contributed by atoms with van der Waals surface area (Å²) in [7, 11) is 3.54. The summed E-state index contributed by atoms with van der Waals surface area (Å²) in [4.78, 5) is 13.0. The lowest BCUT2D eigenvalue weighted by Gasteiger charge is -2.19. The summed E-state index contributed by atoms with van der Waals surface area (Å²) in [6, 6.07) is 7.67. The van der Waals surface area contributed by atoms with Gasteiger partial charge < -0.3 is 9.64 Å². The number of hydrogen-bond acceptors (Lipinski definition) is 4. The smallest absolute Gasteiger partial charge is 0.235 e. The minimum absolute atomic E-state index is 0.172. The Morgan fingerprint density at radius 2 is 2.31 bits per heavy atom. The fraction of sp³-hybridized carbons (Fsp3) is 0.364. The molecule has 0 saturated heterocycles. The highest BCUT2D eigenvalue weighted by atomic mass is 16.5. The molecule has 1 aromatic carbocycles. The van der Waals surface area contributed by atoms with Crippen molar-refractivity contribution in [1.82, 2.24) is 5.43 Å². The first-order valence-electron chi connectivity index (χ1n) is 5.02. The number of ether oxygens (including phenoxy) is 1. The number of hydrazine groups is 1. The van der Waals surface area contributed by atoms with Gasteiger partial charge in [0.15, 0.2) is 0 Å². The number of anilines is 1. The van der Waals surface area contributed by atoms with Gasteiger partial charge in [0.2, 0.25) is 5.91 Å². The molecule has 0 aliphatic carbocycles. The van der Waals surface area contributed by atoms with Gasteiger partial charge in [0, 0.05) is 31.8 Å². The van der Waals surface area contributed by atoms with Gasteiger partial charge in [-0.3, -0.25) is 10.2 Å². The highest BCUT2D eigenvalue weighted by molar-refractivity contribution is 5.75. The highest BCUT2D eigenvalue weighted by Gasteiger charge is 2.04. The maximum Gasteiger partial charge on any atom is 0.235 e. The molecule has 0 bridgehead atoms. The van der Waals surface area contributed by atoms with Crippen LogP contribution in [0.3, 0.4) is 0 Å². The standard InChI is InChI=1S/C11H17N3O2/c1-14(7-6-11(15)13-12)9-4-3-5-10(8-9)16-2/h3-5,8H,6-7,12H2,1-2H3,(H,13,15). The number of carbonyl (C=O) groups is 1. The maximum atomic E-state index is 11.0.